The lowest BCUT2D eigenvalue weighted by Crippen LogP contribution is -2.62. The number of amides is 1. The summed E-state index contributed by atoms with van der Waals surface area (Å²) in [5.74, 6) is 0.104. The van der Waals surface area contributed by atoms with Crippen molar-refractivity contribution in [2.45, 2.75) is 32.7 Å². The lowest BCUT2D eigenvalue weighted by Gasteiger charge is -2.52. The van der Waals surface area contributed by atoms with Crippen LogP contribution >= 0.6 is 22.6 Å². The number of halogens is 1. The molecule has 2 aromatic heterocycles. The molecular weight excluding hydrogens is 383 g/mol. The van der Waals surface area contributed by atoms with E-state index in [1.165, 1.54) is 4.90 Å². The first-order valence-electron chi connectivity index (χ1n) is 6.78. The molecule has 6 nitrogen and oxygen atoms in total. The fraction of sp³-hybridized carbons (Fsp3) is 0.500. The minimum atomic E-state index is -0.862. The molecule has 1 amide bonds. The summed E-state index contributed by atoms with van der Waals surface area (Å²) in [5, 5.41) is 17.7. The zero-order chi connectivity index (χ0) is 15.4. The van der Waals surface area contributed by atoms with Crippen molar-refractivity contribution in [3.05, 3.63) is 21.5 Å². The van der Waals surface area contributed by atoms with Crippen LogP contribution in [0.4, 0.5) is 4.79 Å². The maximum atomic E-state index is 11.4. The molecule has 1 fully saturated rings. The third-order valence-corrected chi connectivity index (χ3v) is 4.93. The number of aromatic amines is 1. The van der Waals surface area contributed by atoms with Crippen LogP contribution in [0.25, 0.3) is 11.0 Å². The number of pyridine rings is 1. The van der Waals surface area contributed by atoms with Gasteiger partial charge in [0.15, 0.2) is 5.65 Å². The van der Waals surface area contributed by atoms with Gasteiger partial charge in [-0.1, -0.05) is 20.8 Å². The van der Waals surface area contributed by atoms with E-state index in [0.29, 0.717) is 6.54 Å². The Kier molecular flexibility index (Phi) is 3.34. The van der Waals surface area contributed by atoms with Crippen molar-refractivity contribution in [1.29, 1.82) is 0 Å². The highest BCUT2D eigenvalue weighted by atomic mass is 127. The smallest absolute Gasteiger partial charge is 0.407 e. The van der Waals surface area contributed by atoms with Crippen molar-refractivity contribution in [1.82, 2.24) is 20.1 Å². The number of fused-ring (bicyclic) bond motifs is 1. The van der Waals surface area contributed by atoms with Gasteiger partial charge in [-0.15, -0.1) is 0 Å². The van der Waals surface area contributed by atoms with Crippen LogP contribution in [0.15, 0.2) is 12.3 Å². The molecule has 1 aliphatic rings. The molecule has 2 atom stereocenters. The predicted molar refractivity (Wildman–Crippen MR) is 87.3 cm³/mol. The number of rotatable bonds is 1. The number of nitrogens with zero attached hydrogens (tertiary/aromatic N) is 3. The van der Waals surface area contributed by atoms with Crippen LogP contribution in [0.3, 0.4) is 0 Å². The van der Waals surface area contributed by atoms with E-state index in [1.807, 2.05) is 6.07 Å². The van der Waals surface area contributed by atoms with Gasteiger partial charge in [-0.25, -0.2) is 9.78 Å². The Morgan fingerprint density at radius 3 is 2.86 bits per heavy atom. The minimum Gasteiger partial charge on any atom is -0.465 e. The second-order valence-electron chi connectivity index (χ2n) is 6.48. The molecule has 7 heteroatoms. The first-order valence-corrected chi connectivity index (χ1v) is 7.86. The zero-order valence-corrected chi connectivity index (χ0v) is 14.2. The van der Waals surface area contributed by atoms with E-state index in [1.54, 1.807) is 6.20 Å². The highest BCUT2D eigenvalue weighted by molar-refractivity contribution is 14.1. The van der Waals surface area contributed by atoms with Gasteiger partial charge in [0.05, 0.1) is 17.1 Å². The van der Waals surface area contributed by atoms with Crippen molar-refractivity contribution >= 4 is 39.7 Å². The number of nitrogens with one attached hydrogen (secondary N) is 1. The Morgan fingerprint density at radius 2 is 2.24 bits per heavy atom. The molecule has 1 saturated heterocycles. The molecule has 0 radical (unpaired) electrons. The molecule has 0 aliphatic carbocycles. The third-order valence-electron chi connectivity index (χ3n) is 4.03. The molecule has 3 rings (SSSR count). The van der Waals surface area contributed by atoms with Gasteiger partial charge in [0.1, 0.15) is 0 Å². The monoisotopic (exact) mass is 400 g/mol. The standard InChI is InChI=1S/C14H17IN4O2/c1-14(2,3)11-7(6-19(11)13(20)21)10-9-8(15)4-5-16-12(9)18-17-10/h4-5,7,11H,6H2,1-3H3,(H,20,21)(H,16,17,18). The molecule has 2 aromatic rings. The number of likely N-dealkylation sites (tertiary alicyclic amines) is 1. The van der Waals surface area contributed by atoms with E-state index in [4.69, 9.17) is 0 Å². The molecule has 1 aliphatic heterocycles. The second kappa shape index (κ2) is 4.82. The Balaban J connectivity index is 2.05. The van der Waals surface area contributed by atoms with Gasteiger partial charge >= 0.3 is 6.09 Å². The van der Waals surface area contributed by atoms with Gasteiger partial charge in [0.25, 0.3) is 0 Å². The Labute approximate surface area is 136 Å². The quantitative estimate of drug-likeness (QED) is 0.721. The molecule has 112 valence electrons. The van der Waals surface area contributed by atoms with Gasteiger partial charge in [0, 0.05) is 22.2 Å². The number of hydrogen-bond donors (Lipinski definition) is 2. The lowest BCUT2D eigenvalue weighted by atomic mass is 9.70. The fourth-order valence-corrected chi connectivity index (χ4v) is 3.91. The first kappa shape index (κ1) is 14.6. The summed E-state index contributed by atoms with van der Waals surface area (Å²) >= 11 is 2.27. The van der Waals surface area contributed by atoms with Crippen LogP contribution in [0, 0.1) is 8.99 Å². The van der Waals surface area contributed by atoms with Crippen molar-refractivity contribution in [2.75, 3.05) is 6.54 Å². The van der Waals surface area contributed by atoms with Gasteiger partial charge in [0.2, 0.25) is 0 Å². The van der Waals surface area contributed by atoms with E-state index >= 15 is 0 Å². The van der Waals surface area contributed by atoms with E-state index in [0.717, 1.165) is 20.3 Å². The Bertz CT molecular complexity index is 707. The van der Waals surface area contributed by atoms with E-state index in [9.17, 15) is 9.90 Å². The average molecular weight is 400 g/mol. The molecule has 2 N–H and O–H groups in total. The predicted octanol–water partition coefficient (Wildman–Crippen LogP) is 3.05. The van der Waals surface area contributed by atoms with Gasteiger partial charge in [-0.2, -0.15) is 5.10 Å². The second-order valence-corrected chi connectivity index (χ2v) is 7.64. The molecule has 21 heavy (non-hydrogen) atoms. The molecule has 0 spiro atoms. The summed E-state index contributed by atoms with van der Waals surface area (Å²) in [7, 11) is 0. The largest absolute Gasteiger partial charge is 0.465 e. The maximum absolute atomic E-state index is 11.4. The van der Waals surface area contributed by atoms with Gasteiger partial charge < -0.3 is 10.0 Å². The number of hydrogen-bond acceptors (Lipinski definition) is 3. The Morgan fingerprint density at radius 1 is 1.52 bits per heavy atom. The number of carbonyl (C=O) groups is 1. The van der Waals surface area contributed by atoms with Crippen molar-refractivity contribution in [2.24, 2.45) is 5.41 Å². The molecule has 3 heterocycles. The van der Waals surface area contributed by atoms with E-state index in [2.05, 4.69) is 58.5 Å². The van der Waals surface area contributed by atoms with Crippen LogP contribution in [-0.2, 0) is 0 Å². The van der Waals surface area contributed by atoms with Crippen LogP contribution in [-0.4, -0.2) is 43.9 Å². The summed E-state index contributed by atoms with van der Waals surface area (Å²) in [6.45, 7) is 6.69. The summed E-state index contributed by atoms with van der Waals surface area (Å²) in [5.41, 5.74) is 1.55. The van der Waals surface area contributed by atoms with Crippen LogP contribution in [0.5, 0.6) is 0 Å². The maximum Gasteiger partial charge on any atom is 0.407 e. The minimum absolute atomic E-state index is 0.0718. The highest BCUT2D eigenvalue weighted by Gasteiger charge is 2.50. The van der Waals surface area contributed by atoms with E-state index in [-0.39, 0.29) is 17.4 Å². The summed E-state index contributed by atoms with van der Waals surface area (Å²) in [4.78, 5) is 17.2. The molecule has 0 aromatic carbocycles. The first-order chi connectivity index (χ1) is 9.80. The SMILES string of the molecule is CC(C)(C)C1C(c2n[nH]c3nccc(I)c23)CN1C(=O)O. The number of aromatic nitrogens is 3. The highest BCUT2D eigenvalue weighted by Crippen LogP contribution is 2.45. The van der Waals surface area contributed by atoms with E-state index < -0.39 is 6.09 Å². The summed E-state index contributed by atoms with van der Waals surface area (Å²) in [6.07, 6.45) is 0.885. The zero-order valence-electron chi connectivity index (χ0n) is 12.1. The topological polar surface area (TPSA) is 82.1 Å². The fourth-order valence-electron chi connectivity index (χ4n) is 3.21. The van der Waals surface area contributed by atoms with Crippen LogP contribution in [0.1, 0.15) is 32.4 Å². The van der Waals surface area contributed by atoms with Crippen molar-refractivity contribution in [3.63, 3.8) is 0 Å². The summed E-state index contributed by atoms with van der Waals surface area (Å²) in [6, 6.07) is 1.87. The van der Waals surface area contributed by atoms with Crippen molar-refractivity contribution < 1.29 is 9.90 Å². The van der Waals surface area contributed by atoms with Crippen molar-refractivity contribution in [3.8, 4) is 0 Å². The van der Waals surface area contributed by atoms with Gasteiger partial charge in [-0.05, 0) is 34.1 Å². The molecule has 0 bridgehead atoms. The normalized spacial score (nSPS) is 22.4. The van der Waals surface area contributed by atoms with Gasteiger partial charge in [-0.3, -0.25) is 5.10 Å². The molecular formula is C14H17IN4O2. The Hall–Kier alpha value is -1.38. The number of carboxylic acid groups (broad SMARTS) is 1. The van der Waals surface area contributed by atoms with Crippen LogP contribution < -0.4 is 0 Å². The third kappa shape index (κ3) is 2.27. The molecule has 2 unspecified atom stereocenters. The lowest BCUT2D eigenvalue weighted by molar-refractivity contribution is -0.00253. The molecule has 0 saturated carbocycles. The van der Waals surface area contributed by atoms with Crippen LogP contribution in [0.2, 0.25) is 0 Å². The average Bonchev–Trinajstić information content (AvgIpc) is 2.70. The number of H-pyrrole nitrogens is 1. The summed E-state index contributed by atoms with van der Waals surface area (Å²) < 4.78 is 1.09.